The first-order valence-electron chi connectivity index (χ1n) is 6.34. The number of fused-ring (bicyclic) bond motifs is 1. The van der Waals surface area contributed by atoms with Crippen molar-refractivity contribution in [2.24, 2.45) is 0 Å². The smallest absolute Gasteiger partial charge is 0.339 e. The first-order valence-corrected chi connectivity index (χ1v) is 6.87. The van der Waals surface area contributed by atoms with Crippen LogP contribution in [0.5, 0.6) is 0 Å². The van der Waals surface area contributed by atoms with Crippen LogP contribution in [0.3, 0.4) is 0 Å². The normalized spacial score (nSPS) is 18.0. The number of pyridine rings is 1. The van der Waals surface area contributed by atoms with Crippen molar-refractivity contribution < 1.29 is 14.3 Å². The Balaban J connectivity index is 2.01. The van der Waals surface area contributed by atoms with E-state index in [1.807, 2.05) is 4.57 Å². The van der Waals surface area contributed by atoms with E-state index in [1.165, 1.54) is 13.3 Å². The second-order valence-corrected chi connectivity index (χ2v) is 4.88. The second kappa shape index (κ2) is 5.38. The summed E-state index contributed by atoms with van der Waals surface area (Å²) in [6.07, 6.45) is 2.71. The number of aromatic nitrogens is 3. The average Bonchev–Trinajstić information content (AvgIpc) is 2.78. The quantitative estimate of drug-likeness (QED) is 0.635. The monoisotopic (exact) mass is 295 g/mol. The number of alkyl halides is 1. The van der Waals surface area contributed by atoms with E-state index in [-0.39, 0.29) is 12.0 Å². The molecular formula is C13H14ClN3O3. The standard InChI is InChI=1S/C13H14ClN3O3/c1-19-13(18)8-4-10-12(15-6-8)17(11(5-14)16-10)7-9-2-3-20-9/h4,6,9H,2-3,5,7H2,1H3/t9-/m0/s1. The minimum Gasteiger partial charge on any atom is -0.465 e. The summed E-state index contributed by atoms with van der Waals surface area (Å²) in [4.78, 5) is 20.2. The van der Waals surface area contributed by atoms with E-state index < -0.39 is 5.97 Å². The number of imidazole rings is 1. The number of halogens is 1. The number of nitrogens with zero attached hydrogens (tertiary/aromatic N) is 3. The van der Waals surface area contributed by atoms with Crippen LogP contribution in [0.25, 0.3) is 11.2 Å². The van der Waals surface area contributed by atoms with Gasteiger partial charge in [-0.1, -0.05) is 0 Å². The number of methoxy groups -OCH3 is 1. The predicted octanol–water partition coefficient (Wildman–Crippen LogP) is 1.75. The molecule has 0 aliphatic carbocycles. The lowest BCUT2D eigenvalue weighted by Crippen LogP contribution is -2.31. The Bertz CT molecular complexity index is 652. The zero-order valence-corrected chi connectivity index (χ0v) is 11.8. The van der Waals surface area contributed by atoms with Crippen LogP contribution in [0.4, 0.5) is 0 Å². The lowest BCUT2D eigenvalue weighted by molar-refractivity contribution is -0.0590. The minimum atomic E-state index is -0.427. The van der Waals surface area contributed by atoms with Gasteiger partial charge in [0.2, 0.25) is 0 Å². The molecule has 0 radical (unpaired) electrons. The number of carbonyl (C=O) groups is 1. The van der Waals surface area contributed by atoms with Gasteiger partial charge in [-0.2, -0.15) is 0 Å². The van der Waals surface area contributed by atoms with Crippen molar-refractivity contribution in [3.05, 3.63) is 23.7 Å². The molecule has 106 valence electrons. The molecule has 0 bridgehead atoms. The lowest BCUT2D eigenvalue weighted by atomic mass is 10.2. The van der Waals surface area contributed by atoms with Gasteiger partial charge in [-0.05, 0) is 12.5 Å². The van der Waals surface area contributed by atoms with Crippen molar-refractivity contribution >= 4 is 28.7 Å². The fourth-order valence-corrected chi connectivity index (χ4v) is 2.42. The third kappa shape index (κ3) is 2.25. The number of ether oxygens (including phenoxy) is 2. The summed E-state index contributed by atoms with van der Waals surface area (Å²) in [5.74, 6) is 0.590. The third-order valence-electron chi connectivity index (χ3n) is 3.38. The number of carbonyl (C=O) groups excluding carboxylic acids is 1. The first-order chi connectivity index (χ1) is 9.72. The molecule has 6 nitrogen and oxygen atoms in total. The number of rotatable bonds is 4. The number of hydrogen-bond donors (Lipinski definition) is 0. The molecule has 1 fully saturated rings. The van der Waals surface area contributed by atoms with Crippen molar-refractivity contribution in [2.45, 2.75) is 24.9 Å². The molecule has 0 saturated carbocycles. The molecule has 3 heterocycles. The zero-order chi connectivity index (χ0) is 14.1. The van der Waals surface area contributed by atoms with E-state index in [1.54, 1.807) is 6.07 Å². The van der Waals surface area contributed by atoms with E-state index in [2.05, 4.69) is 14.7 Å². The zero-order valence-electron chi connectivity index (χ0n) is 11.0. The Labute approximate surface area is 120 Å². The summed E-state index contributed by atoms with van der Waals surface area (Å²) in [7, 11) is 1.34. The highest BCUT2D eigenvalue weighted by atomic mass is 35.5. The van der Waals surface area contributed by atoms with Crippen molar-refractivity contribution in [1.29, 1.82) is 0 Å². The third-order valence-corrected chi connectivity index (χ3v) is 3.62. The first kappa shape index (κ1) is 13.3. The summed E-state index contributed by atoms with van der Waals surface area (Å²) in [5.41, 5.74) is 1.73. The Kier molecular flexibility index (Phi) is 3.58. The topological polar surface area (TPSA) is 66.2 Å². The van der Waals surface area contributed by atoms with Crippen LogP contribution < -0.4 is 0 Å². The van der Waals surface area contributed by atoms with Gasteiger partial charge >= 0.3 is 5.97 Å². The fourth-order valence-electron chi connectivity index (χ4n) is 2.21. The molecule has 0 spiro atoms. The van der Waals surface area contributed by atoms with Crippen LogP contribution in [0.15, 0.2) is 12.3 Å². The van der Waals surface area contributed by atoms with Crippen LogP contribution in [0.1, 0.15) is 22.6 Å². The van der Waals surface area contributed by atoms with Gasteiger partial charge in [0.25, 0.3) is 0 Å². The van der Waals surface area contributed by atoms with Gasteiger partial charge in [0.05, 0.1) is 31.2 Å². The highest BCUT2D eigenvalue weighted by Gasteiger charge is 2.22. The molecule has 0 aromatic carbocycles. The molecule has 1 aliphatic heterocycles. The van der Waals surface area contributed by atoms with Crippen LogP contribution in [0, 0.1) is 0 Å². The van der Waals surface area contributed by atoms with Crippen LogP contribution >= 0.6 is 11.6 Å². The average molecular weight is 296 g/mol. The summed E-state index contributed by atoms with van der Waals surface area (Å²) >= 11 is 5.93. The van der Waals surface area contributed by atoms with Crippen molar-refractivity contribution in [3.8, 4) is 0 Å². The molecule has 0 unspecified atom stereocenters. The van der Waals surface area contributed by atoms with E-state index in [4.69, 9.17) is 16.3 Å². The van der Waals surface area contributed by atoms with Crippen LogP contribution in [-0.2, 0) is 21.9 Å². The van der Waals surface area contributed by atoms with E-state index in [0.717, 1.165) is 18.9 Å². The van der Waals surface area contributed by atoms with Crippen LogP contribution in [0.2, 0.25) is 0 Å². The van der Waals surface area contributed by atoms with Gasteiger partial charge in [0, 0.05) is 12.8 Å². The molecule has 0 N–H and O–H groups in total. The Hall–Kier alpha value is -1.66. The highest BCUT2D eigenvalue weighted by molar-refractivity contribution is 6.16. The molecule has 3 rings (SSSR count). The summed E-state index contributed by atoms with van der Waals surface area (Å²) in [6, 6.07) is 1.67. The molecule has 0 amide bonds. The number of esters is 1. The van der Waals surface area contributed by atoms with Gasteiger partial charge in [-0.25, -0.2) is 14.8 Å². The number of hydrogen-bond acceptors (Lipinski definition) is 5. The maximum Gasteiger partial charge on any atom is 0.339 e. The van der Waals surface area contributed by atoms with E-state index in [9.17, 15) is 4.79 Å². The van der Waals surface area contributed by atoms with Crippen molar-refractivity contribution in [2.75, 3.05) is 13.7 Å². The maximum atomic E-state index is 11.5. The molecule has 1 aliphatic rings. The molecule has 2 aromatic heterocycles. The Morgan fingerprint density at radius 3 is 3.05 bits per heavy atom. The molecule has 7 heteroatoms. The Morgan fingerprint density at radius 2 is 2.45 bits per heavy atom. The van der Waals surface area contributed by atoms with E-state index in [0.29, 0.717) is 23.3 Å². The maximum absolute atomic E-state index is 11.5. The van der Waals surface area contributed by atoms with Gasteiger partial charge in [0.15, 0.2) is 5.65 Å². The van der Waals surface area contributed by atoms with Crippen LogP contribution in [-0.4, -0.2) is 40.3 Å². The highest BCUT2D eigenvalue weighted by Crippen LogP contribution is 2.21. The molecule has 1 atom stereocenters. The summed E-state index contributed by atoms with van der Waals surface area (Å²) < 4.78 is 12.1. The van der Waals surface area contributed by atoms with Gasteiger partial charge in [-0.3, -0.25) is 0 Å². The SMILES string of the molecule is COC(=O)c1cnc2c(c1)nc(CCl)n2C[C@@H]1CCO1. The largest absolute Gasteiger partial charge is 0.465 e. The van der Waals surface area contributed by atoms with Crippen molar-refractivity contribution in [3.63, 3.8) is 0 Å². The summed E-state index contributed by atoms with van der Waals surface area (Å²) in [5, 5.41) is 0. The van der Waals surface area contributed by atoms with Crippen molar-refractivity contribution in [1.82, 2.24) is 14.5 Å². The van der Waals surface area contributed by atoms with E-state index >= 15 is 0 Å². The molecular weight excluding hydrogens is 282 g/mol. The molecule has 1 saturated heterocycles. The predicted molar refractivity (Wildman–Crippen MR) is 72.8 cm³/mol. The fraction of sp³-hybridized carbons (Fsp3) is 0.462. The Morgan fingerprint density at radius 1 is 1.65 bits per heavy atom. The second-order valence-electron chi connectivity index (χ2n) is 4.61. The van der Waals surface area contributed by atoms with Gasteiger partial charge < -0.3 is 14.0 Å². The molecule has 20 heavy (non-hydrogen) atoms. The minimum absolute atomic E-state index is 0.191. The molecule has 2 aromatic rings. The lowest BCUT2D eigenvalue weighted by Gasteiger charge is -2.27. The van der Waals surface area contributed by atoms with Gasteiger partial charge in [0.1, 0.15) is 11.3 Å². The van der Waals surface area contributed by atoms with Gasteiger partial charge in [-0.15, -0.1) is 11.6 Å². The summed E-state index contributed by atoms with van der Waals surface area (Å²) in [6.45, 7) is 1.48.